The van der Waals surface area contributed by atoms with Gasteiger partial charge in [-0.15, -0.1) is 18.3 Å². The first kappa shape index (κ1) is 20.6. The summed E-state index contributed by atoms with van der Waals surface area (Å²) in [6.45, 7) is 4.02. The number of urea groups is 1. The Morgan fingerprint density at radius 3 is 2.89 bits per heavy atom. The van der Waals surface area contributed by atoms with E-state index in [0.717, 1.165) is 38.5 Å². The fourth-order valence-corrected chi connectivity index (χ4v) is 4.49. The van der Waals surface area contributed by atoms with Crippen LogP contribution in [0.3, 0.4) is 0 Å². The molecular weight excluding hydrogens is 458 g/mol. The van der Waals surface area contributed by atoms with Crippen LogP contribution in [0.15, 0.2) is 58.0 Å². The van der Waals surface area contributed by atoms with Crippen LogP contribution in [0.2, 0.25) is 0 Å². The first-order valence-corrected chi connectivity index (χ1v) is 11.3. The zero-order valence-corrected chi connectivity index (χ0v) is 18.3. The molecule has 3 aromatic rings. The van der Waals surface area contributed by atoms with Gasteiger partial charge in [-0.3, -0.25) is 5.32 Å². The molecule has 0 aliphatic rings. The smallest absolute Gasteiger partial charge is 0.321 e. The van der Waals surface area contributed by atoms with Crippen LogP contribution in [0, 0.1) is 0 Å². The molecule has 2 amide bonds. The summed E-state index contributed by atoms with van der Waals surface area (Å²) in [6, 6.07) is 7.64. The number of amides is 2. The largest absolute Gasteiger partial charge is 0.341 e. The van der Waals surface area contributed by atoms with Gasteiger partial charge in [-0.05, 0) is 36.3 Å². The molecule has 0 bridgehead atoms. The van der Waals surface area contributed by atoms with E-state index in [-0.39, 0.29) is 6.03 Å². The molecule has 0 radical (unpaired) electrons. The van der Waals surface area contributed by atoms with Gasteiger partial charge in [-0.25, -0.2) is 14.8 Å². The molecule has 0 atom stereocenters. The first-order valence-electron chi connectivity index (χ1n) is 8.68. The van der Waals surface area contributed by atoms with Crippen molar-refractivity contribution < 1.29 is 4.79 Å². The predicted molar refractivity (Wildman–Crippen MR) is 120 cm³/mol. The van der Waals surface area contributed by atoms with Gasteiger partial charge in [0.25, 0.3) is 0 Å². The van der Waals surface area contributed by atoms with Crippen LogP contribution in [-0.2, 0) is 6.54 Å². The molecule has 0 aliphatic heterocycles. The minimum atomic E-state index is -0.306. The van der Waals surface area contributed by atoms with E-state index in [1.807, 2.05) is 30.3 Å². The number of unbranched alkanes of at least 4 members (excludes halogenated alkanes) is 1. The lowest BCUT2D eigenvalue weighted by Gasteiger charge is -2.03. The van der Waals surface area contributed by atoms with Gasteiger partial charge in [-0.2, -0.15) is 0 Å². The summed E-state index contributed by atoms with van der Waals surface area (Å²) in [5.74, 6) is 1.70. The predicted octanol–water partition coefficient (Wildman–Crippen LogP) is 5.68. The maximum Gasteiger partial charge on any atom is 0.321 e. The number of aromatic amines is 1. The Balaban J connectivity index is 1.45. The number of imidazole rings is 1. The van der Waals surface area contributed by atoms with Crippen molar-refractivity contribution in [2.24, 2.45) is 0 Å². The van der Waals surface area contributed by atoms with Crippen molar-refractivity contribution in [1.82, 2.24) is 20.3 Å². The van der Waals surface area contributed by atoms with Gasteiger partial charge < -0.3 is 10.3 Å². The lowest BCUT2D eigenvalue weighted by Crippen LogP contribution is -2.28. The average molecular weight is 478 g/mol. The number of halogens is 1. The normalized spacial score (nSPS) is 10.6. The zero-order valence-electron chi connectivity index (χ0n) is 15.1. The number of carbonyl (C=O) groups is 1. The van der Waals surface area contributed by atoms with E-state index in [0.29, 0.717) is 17.5 Å². The number of hydrogen-bond acceptors (Lipinski definition) is 5. The van der Waals surface area contributed by atoms with Crippen LogP contribution in [0.4, 0.5) is 9.93 Å². The van der Waals surface area contributed by atoms with Crippen LogP contribution in [-0.4, -0.2) is 26.7 Å². The van der Waals surface area contributed by atoms with Crippen molar-refractivity contribution in [3.05, 3.63) is 59.6 Å². The molecular formula is C19H20BrN5OS2. The van der Waals surface area contributed by atoms with Gasteiger partial charge in [0, 0.05) is 4.47 Å². The maximum atomic E-state index is 12.1. The van der Waals surface area contributed by atoms with Crippen LogP contribution >= 0.6 is 39.0 Å². The van der Waals surface area contributed by atoms with Crippen molar-refractivity contribution in [3.8, 4) is 11.3 Å². The molecule has 3 rings (SSSR count). The second-order valence-corrected chi connectivity index (χ2v) is 9.16. The third-order valence-corrected chi connectivity index (χ3v) is 6.42. The standard InChI is InChI=1S/C19H20BrN5OS2/c1-2-3-4-9-27-17-12-23-19(28-17)25-18(26)22-11-16-21-10-15(24-16)13-5-7-14(20)8-6-13/h2,5-8,10,12H,1,3-4,9,11H2,(H,21,24)(H2,22,23,25,26). The fraction of sp³-hybridized carbons (Fsp3) is 0.211. The molecule has 0 aliphatic carbocycles. The SMILES string of the molecule is C=CCCCSc1cnc(NC(=O)NCc2ncc(-c3ccc(Br)cc3)[nH]2)s1. The van der Waals surface area contributed by atoms with E-state index in [2.05, 4.69) is 48.1 Å². The quantitative estimate of drug-likeness (QED) is 0.210. The molecule has 3 N–H and O–H groups in total. The second-order valence-electron chi connectivity index (χ2n) is 5.82. The highest BCUT2D eigenvalue weighted by molar-refractivity contribution is 9.10. The van der Waals surface area contributed by atoms with E-state index >= 15 is 0 Å². The number of H-pyrrole nitrogens is 1. The fourth-order valence-electron chi connectivity index (χ4n) is 2.32. The Labute approximate surface area is 180 Å². The third-order valence-electron chi connectivity index (χ3n) is 3.70. The Bertz CT molecular complexity index is 923. The van der Waals surface area contributed by atoms with Gasteiger partial charge in [0.05, 0.1) is 28.8 Å². The number of carbonyl (C=O) groups excluding carboxylic acids is 1. The van der Waals surface area contributed by atoms with Crippen molar-refractivity contribution in [2.75, 3.05) is 11.1 Å². The number of aromatic nitrogens is 3. The molecule has 0 fully saturated rings. The first-order chi connectivity index (χ1) is 13.6. The summed E-state index contributed by atoms with van der Waals surface area (Å²) in [6.07, 6.45) is 7.56. The molecule has 2 heterocycles. The molecule has 0 saturated heterocycles. The lowest BCUT2D eigenvalue weighted by atomic mass is 10.2. The number of benzene rings is 1. The summed E-state index contributed by atoms with van der Waals surface area (Å²) >= 11 is 6.63. The number of anilines is 1. The Kier molecular flexibility index (Phi) is 7.70. The number of thioether (sulfide) groups is 1. The summed E-state index contributed by atoms with van der Waals surface area (Å²) in [7, 11) is 0. The molecule has 9 heteroatoms. The summed E-state index contributed by atoms with van der Waals surface area (Å²) in [5.41, 5.74) is 1.94. The molecule has 146 valence electrons. The number of allylic oxidation sites excluding steroid dienone is 1. The molecule has 1 aromatic carbocycles. The van der Waals surface area contributed by atoms with E-state index in [1.165, 1.54) is 11.3 Å². The number of rotatable bonds is 9. The van der Waals surface area contributed by atoms with Crippen LogP contribution in [0.5, 0.6) is 0 Å². The monoisotopic (exact) mass is 477 g/mol. The molecule has 28 heavy (non-hydrogen) atoms. The highest BCUT2D eigenvalue weighted by Gasteiger charge is 2.08. The summed E-state index contributed by atoms with van der Waals surface area (Å²) in [4.78, 5) is 23.9. The van der Waals surface area contributed by atoms with Gasteiger partial charge in [0.15, 0.2) is 5.13 Å². The van der Waals surface area contributed by atoms with Gasteiger partial charge in [-0.1, -0.05) is 45.5 Å². The summed E-state index contributed by atoms with van der Waals surface area (Å²) < 4.78 is 2.11. The van der Waals surface area contributed by atoms with E-state index in [9.17, 15) is 4.79 Å². The van der Waals surface area contributed by atoms with Crippen molar-refractivity contribution in [3.63, 3.8) is 0 Å². The molecule has 0 spiro atoms. The molecule has 0 saturated carbocycles. The lowest BCUT2D eigenvalue weighted by molar-refractivity contribution is 0.251. The molecule has 0 unspecified atom stereocenters. The third kappa shape index (κ3) is 6.22. The van der Waals surface area contributed by atoms with Crippen molar-refractivity contribution in [1.29, 1.82) is 0 Å². The van der Waals surface area contributed by atoms with Crippen molar-refractivity contribution in [2.45, 2.75) is 23.6 Å². The van der Waals surface area contributed by atoms with E-state index < -0.39 is 0 Å². The zero-order chi connectivity index (χ0) is 19.8. The van der Waals surface area contributed by atoms with Crippen LogP contribution < -0.4 is 10.6 Å². The van der Waals surface area contributed by atoms with E-state index in [4.69, 9.17) is 0 Å². The van der Waals surface area contributed by atoms with Gasteiger partial charge >= 0.3 is 6.03 Å². The number of nitrogens with one attached hydrogen (secondary N) is 3. The highest BCUT2D eigenvalue weighted by Crippen LogP contribution is 2.28. The van der Waals surface area contributed by atoms with Gasteiger partial charge in [0.1, 0.15) is 5.82 Å². The van der Waals surface area contributed by atoms with Crippen molar-refractivity contribution >= 4 is 50.2 Å². The maximum absolute atomic E-state index is 12.1. The summed E-state index contributed by atoms with van der Waals surface area (Å²) in [5, 5.41) is 6.13. The van der Waals surface area contributed by atoms with E-state index in [1.54, 1.807) is 24.2 Å². The minimum absolute atomic E-state index is 0.302. The minimum Gasteiger partial charge on any atom is -0.341 e. The second kappa shape index (κ2) is 10.4. The Morgan fingerprint density at radius 2 is 2.11 bits per heavy atom. The molecule has 2 aromatic heterocycles. The number of hydrogen-bond donors (Lipinski definition) is 3. The topological polar surface area (TPSA) is 82.7 Å². The van der Waals surface area contributed by atoms with Crippen LogP contribution in [0.25, 0.3) is 11.3 Å². The molecule has 6 nitrogen and oxygen atoms in total. The highest BCUT2D eigenvalue weighted by atomic mass is 79.9. The van der Waals surface area contributed by atoms with Crippen LogP contribution in [0.1, 0.15) is 18.7 Å². The van der Waals surface area contributed by atoms with Gasteiger partial charge in [0.2, 0.25) is 0 Å². The number of thiazole rings is 1. The Hall–Kier alpha value is -2.10. The average Bonchev–Trinajstić information content (AvgIpc) is 3.34. The number of nitrogens with zero attached hydrogens (tertiary/aromatic N) is 2. The Morgan fingerprint density at radius 1 is 1.29 bits per heavy atom.